The van der Waals surface area contributed by atoms with Gasteiger partial charge in [-0.2, -0.15) is 13.2 Å². The number of halogens is 3. The zero-order chi connectivity index (χ0) is 15.0. The number of hydrogen-bond acceptors (Lipinski definition) is 6. The lowest BCUT2D eigenvalue weighted by Gasteiger charge is -1.98. The van der Waals surface area contributed by atoms with Gasteiger partial charge in [-0.15, -0.1) is 10.2 Å². The summed E-state index contributed by atoms with van der Waals surface area (Å²) in [6.45, 7) is 0. The molecule has 2 heterocycles. The third kappa shape index (κ3) is 3.38. The predicted molar refractivity (Wildman–Crippen MR) is 65.8 cm³/mol. The SMILES string of the molecule is O=C(Nc1nnc(C(F)(F)F)s1)c1coc(CC2CC2)n1. The molecule has 1 aliphatic carbocycles. The van der Waals surface area contributed by atoms with Crippen molar-refractivity contribution in [2.75, 3.05) is 5.32 Å². The molecule has 1 fully saturated rings. The first-order valence-corrected chi connectivity index (χ1v) is 6.90. The molecule has 3 rings (SSSR count). The maximum absolute atomic E-state index is 12.4. The van der Waals surface area contributed by atoms with Gasteiger partial charge in [-0.1, -0.05) is 11.3 Å². The fourth-order valence-corrected chi connectivity index (χ4v) is 2.23. The average Bonchev–Trinajstić information content (AvgIpc) is 2.90. The van der Waals surface area contributed by atoms with E-state index >= 15 is 0 Å². The molecule has 2 aromatic heterocycles. The van der Waals surface area contributed by atoms with Crippen LogP contribution in [0.4, 0.5) is 18.3 Å². The highest BCUT2D eigenvalue weighted by molar-refractivity contribution is 7.15. The molecule has 0 spiro atoms. The van der Waals surface area contributed by atoms with E-state index in [-0.39, 0.29) is 22.2 Å². The molecule has 1 N–H and O–H groups in total. The minimum atomic E-state index is -4.58. The van der Waals surface area contributed by atoms with Gasteiger partial charge in [-0.3, -0.25) is 10.1 Å². The van der Waals surface area contributed by atoms with Crippen LogP contribution < -0.4 is 5.32 Å². The van der Waals surface area contributed by atoms with Gasteiger partial charge in [0.15, 0.2) is 11.6 Å². The number of nitrogens with one attached hydrogen (secondary N) is 1. The Morgan fingerprint density at radius 2 is 2.19 bits per heavy atom. The van der Waals surface area contributed by atoms with Gasteiger partial charge in [0.05, 0.1) is 0 Å². The fraction of sp³-hybridized carbons (Fsp3) is 0.455. The van der Waals surface area contributed by atoms with E-state index in [1.54, 1.807) is 0 Å². The number of nitrogens with zero attached hydrogens (tertiary/aromatic N) is 3. The van der Waals surface area contributed by atoms with Crippen molar-refractivity contribution >= 4 is 22.4 Å². The van der Waals surface area contributed by atoms with Crippen LogP contribution in [0.2, 0.25) is 0 Å². The summed E-state index contributed by atoms with van der Waals surface area (Å²) in [5.74, 6) is 0.332. The number of oxazole rings is 1. The Kier molecular flexibility index (Phi) is 3.40. The molecular formula is C11H9F3N4O2S. The summed E-state index contributed by atoms with van der Waals surface area (Å²) >= 11 is 0.253. The van der Waals surface area contributed by atoms with Crippen LogP contribution in [0.15, 0.2) is 10.7 Å². The molecule has 21 heavy (non-hydrogen) atoms. The van der Waals surface area contributed by atoms with E-state index in [0.717, 1.165) is 12.8 Å². The van der Waals surface area contributed by atoms with Gasteiger partial charge in [-0.25, -0.2) is 4.98 Å². The third-order valence-corrected chi connectivity index (χ3v) is 3.72. The highest BCUT2D eigenvalue weighted by Gasteiger charge is 2.36. The number of carbonyl (C=O) groups is 1. The van der Waals surface area contributed by atoms with Crippen molar-refractivity contribution in [2.45, 2.75) is 25.4 Å². The number of carbonyl (C=O) groups excluding carboxylic acids is 1. The minimum Gasteiger partial charge on any atom is -0.448 e. The Morgan fingerprint density at radius 1 is 1.43 bits per heavy atom. The van der Waals surface area contributed by atoms with Gasteiger partial charge >= 0.3 is 6.18 Å². The summed E-state index contributed by atoms with van der Waals surface area (Å²) in [7, 11) is 0. The Morgan fingerprint density at radius 3 is 2.81 bits per heavy atom. The lowest BCUT2D eigenvalue weighted by Crippen LogP contribution is -2.12. The van der Waals surface area contributed by atoms with Crippen molar-refractivity contribution in [3.05, 3.63) is 22.9 Å². The Balaban J connectivity index is 1.65. The van der Waals surface area contributed by atoms with Crippen LogP contribution in [0.25, 0.3) is 0 Å². The Labute approximate surface area is 120 Å². The van der Waals surface area contributed by atoms with Crippen LogP contribution in [0.1, 0.15) is 34.2 Å². The lowest BCUT2D eigenvalue weighted by atomic mass is 10.3. The summed E-state index contributed by atoms with van der Waals surface area (Å²) in [6.07, 6.45) is -0.487. The topological polar surface area (TPSA) is 80.9 Å². The third-order valence-electron chi connectivity index (χ3n) is 2.83. The van der Waals surface area contributed by atoms with Gasteiger partial charge in [0.25, 0.3) is 5.91 Å². The van der Waals surface area contributed by atoms with Crippen LogP contribution in [-0.2, 0) is 12.6 Å². The molecule has 1 aliphatic rings. The molecule has 6 nitrogen and oxygen atoms in total. The second kappa shape index (κ2) is 5.10. The molecule has 2 aromatic rings. The van der Waals surface area contributed by atoms with Crippen LogP contribution in [0.3, 0.4) is 0 Å². The van der Waals surface area contributed by atoms with E-state index in [4.69, 9.17) is 4.42 Å². The molecule has 10 heteroatoms. The van der Waals surface area contributed by atoms with Gasteiger partial charge < -0.3 is 4.42 Å². The standard InChI is InChI=1S/C11H9F3N4O2S/c12-11(13,14)9-17-18-10(21-9)16-8(19)6-4-20-7(15-6)3-5-1-2-5/h4-5H,1-3H2,(H,16,18,19). The Bertz CT molecular complexity index is 662. The van der Waals surface area contributed by atoms with E-state index in [0.29, 0.717) is 18.2 Å². The highest BCUT2D eigenvalue weighted by Crippen LogP contribution is 2.33. The van der Waals surface area contributed by atoms with E-state index in [9.17, 15) is 18.0 Å². The van der Waals surface area contributed by atoms with E-state index in [1.165, 1.54) is 6.26 Å². The largest absolute Gasteiger partial charge is 0.448 e. The number of anilines is 1. The lowest BCUT2D eigenvalue weighted by molar-refractivity contribution is -0.138. The summed E-state index contributed by atoms with van der Waals surface area (Å²) in [5, 5.41) is 7.10. The molecule has 0 aromatic carbocycles. The van der Waals surface area contributed by atoms with Crippen molar-refractivity contribution in [1.82, 2.24) is 15.2 Å². The molecule has 112 valence electrons. The molecule has 0 bridgehead atoms. The molecule has 0 unspecified atom stereocenters. The van der Waals surface area contributed by atoms with E-state index in [2.05, 4.69) is 20.5 Å². The zero-order valence-electron chi connectivity index (χ0n) is 10.5. The van der Waals surface area contributed by atoms with Crippen LogP contribution >= 0.6 is 11.3 Å². The van der Waals surface area contributed by atoms with Gasteiger partial charge in [-0.05, 0) is 18.8 Å². The van der Waals surface area contributed by atoms with Crippen LogP contribution in [0, 0.1) is 5.92 Å². The number of hydrogen-bond donors (Lipinski definition) is 1. The summed E-state index contributed by atoms with van der Waals surface area (Å²) in [6, 6.07) is 0. The number of alkyl halides is 3. The summed E-state index contributed by atoms with van der Waals surface area (Å²) in [4.78, 5) is 15.8. The molecule has 0 saturated heterocycles. The number of rotatable bonds is 4. The highest BCUT2D eigenvalue weighted by atomic mass is 32.1. The predicted octanol–water partition coefficient (Wildman–Crippen LogP) is 2.75. The summed E-state index contributed by atoms with van der Waals surface area (Å²) < 4.78 is 42.2. The molecule has 0 aliphatic heterocycles. The monoisotopic (exact) mass is 318 g/mol. The van der Waals surface area contributed by atoms with Crippen LogP contribution in [-0.4, -0.2) is 21.1 Å². The van der Waals surface area contributed by atoms with Gasteiger partial charge in [0.1, 0.15) is 6.26 Å². The molecule has 1 amide bonds. The molecular weight excluding hydrogens is 309 g/mol. The Hall–Kier alpha value is -1.97. The normalized spacial score (nSPS) is 15.2. The van der Waals surface area contributed by atoms with Crippen molar-refractivity contribution < 1.29 is 22.4 Å². The van der Waals surface area contributed by atoms with Crippen molar-refractivity contribution in [1.29, 1.82) is 0 Å². The maximum atomic E-state index is 12.4. The first-order chi connectivity index (χ1) is 9.91. The molecule has 0 atom stereocenters. The number of aromatic nitrogens is 3. The zero-order valence-corrected chi connectivity index (χ0v) is 11.3. The first kappa shape index (κ1) is 14.0. The van der Waals surface area contributed by atoms with Gasteiger partial charge in [0.2, 0.25) is 10.1 Å². The van der Waals surface area contributed by atoms with Crippen molar-refractivity contribution in [2.24, 2.45) is 5.92 Å². The maximum Gasteiger partial charge on any atom is 0.445 e. The second-order valence-corrected chi connectivity index (χ2v) is 5.62. The smallest absolute Gasteiger partial charge is 0.445 e. The minimum absolute atomic E-state index is 0.00871. The van der Waals surface area contributed by atoms with Crippen molar-refractivity contribution in [3.8, 4) is 0 Å². The van der Waals surface area contributed by atoms with Crippen LogP contribution in [0.5, 0.6) is 0 Å². The van der Waals surface area contributed by atoms with E-state index in [1.807, 2.05) is 0 Å². The number of amides is 1. The first-order valence-electron chi connectivity index (χ1n) is 6.08. The van der Waals surface area contributed by atoms with Crippen molar-refractivity contribution in [3.63, 3.8) is 0 Å². The average molecular weight is 318 g/mol. The van der Waals surface area contributed by atoms with Gasteiger partial charge in [0, 0.05) is 6.42 Å². The summed E-state index contributed by atoms with van der Waals surface area (Å²) in [5.41, 5.74) is 0.00871. The quantitative estimate of drug-likeness (QED) is 0.937. The molecule has 1 saturated carbocycles. The molecule has 0 radical (unpaired) electrons. The van der Waals surface area contributed by atoms with E-state index < -0.39 is 17.1 Å². The second-order valence-electron chi connectivity index (χ2n) is 4.64. The fourth-order valence-electron chi connectivity index (χ4n) is 1.63.